The van der Waals surface area contributed by atoms with E-state index in [1.807, 2.05) is 21.1 Å². The van der Waals surface area contributed by atoms with E-state index in [4.69, 9.17) is 18.5 Å². The monoisotopic (exact) mass is 801 g/mol. The Morgan fingerprint density at radius 3 is 1.49 bits per heavy atom. The van der Waals surface area contributed by atoms with Gasteiger partial charge in [-0.25, -0.2) is 4.57 Å². The summed E-state index contributed by atoms with van der Waals surface area (Å²) in [4.78, 5) is 22.9. The Kier molecular flexibility index (Phi) is 39.1. The number of ether oxygens (including phenoxy) is 2. The SMILES string of the molecule is CCCCCC/C=C\C/C=C\CCCCCCCC(=O)OC(COCCCCCCCCCCCCCCCCCCC)COP(=O)(O)OCC[N+](C)(C)C. The van der Waals surface area contributed by atoms with Crippen molar-refractivity contribution in [3.63, 3.8) is 0 Å². The van der Waals surface area contributed by atoms with Crippen molar-refractivity contribution in [3.8, 4) is 0 Å². The molecule has 2 unspecified atom stereocenters. The topological polar surface area (TPSA) is 91.3 Å². The van der Waals surface area contributed by atoms with Crippen molar-refractivity contribution in [2.45, 2.75) is 213 Å². The molecular weight excluding hydrogens is 709 g/mol. The second kappa shape index (κ2) is 39.8. The summed E-state index contributed by atoms with van der Waals surface area (Å²) < 4.78 is 35.0. The fraction of sp³-hybridized carbons (Fsp3) is 0.891. The van der Waals surface area contributed by atoms with Crippen LogP contribution < -0.4 is 0 Å². The molecule has 0 fully saturated rings. The highest BCUT2D eigenvalue weighted by atomic mass is 31.2. The molecule has 0 saturated carbocycles. The first kappa shape index (κ1) is 54.0. The summed E-state index contributed by atoms with van der Waals surface area (Å²) in [5.74, 6) is -0.324. The molecule has 326 valence electrons. The first-order chi connectivity index (χ1) is 26.6. The number of phosphoric acid groups is 1. The van der Waals surface area contributed by atoms with Crippen LogP contribution in [0.5, 0.6) is 0 Å². The molecule has 0 aromatic rings. The molecule has 0 spiro atoms. The molecule has 0 aromatic carbocycles. The molecule has 2 atom stereocenters. The highest BCUT2D eigenvalue weighted by molar-refractivity contribution is 7.47. The van der Waals surface area contributed by atoms with Crippen molar-refractivity contribution >= 4 is 13.8 Å². The van der Waals surface area contributed by atoms with Crippen LogP contribution in [-0.4, -0.2) is 75.6 Å². The van der Waals surface area contributed by atoms with Gasteiger partial charge in [0.1, 0.15) is 19.3 Å². The first-order valence-corrected chi connectivity index (χ1v) is 24.6. The van der Waals surface area contributed by atoms with E-state index in [0.717, 1.165) is 57.8 Å². The Morgan fingerprint density at radius 1 is 0.564 bits per heavy atom. The van der Waals surface area contributed by atoms with Gasteiger partial charge in [-0.05, 0) is 44.9 Å². The van der Waals surface area contributed by atoms with E-state index in [-0.39, 0.29) is 25.8 Å². The third kappa shape index (κ3) is 43.9. The van der Waals surface area contributed by atoms with Crippen LogP contribution >= 0.6 is 7.82 Å². The van der Waals surface area contributed by atoms with Gasteiger partial charge in [0.05, 0.1) is 34.4 Å². The molecule has 0 saturated heterocycles. The number of hydrogen-bond acceptors (Lipinski definition) is 6. The van der Waals surface area contributed by atoms with Gasteiger partial charge < -0.3 is 18.9 Å². The number of phosphoric ester groups is 1. The first-order valence-electron chi connectivity index (χ1n) is 23.1. The quantitative estimate of drug-likeness (QED) is 0.0216. The lowest BCUT2D eigenvalue weighted by Gasteiger charge is -2.24. The van der Waals surface area contributed by atoms with Gasteiger partial charge in [-0.2, -0.15) is 0 Å². The van der Waals surface area contributed by atoms with Crippen LogP contribution in [0.1, 0.15) is 206 Å². The van der Waals surface area contributed by atoms with Crippen LogP contribution in [0.15, 0.2) is 24.3 Å². The Labute approximate surface area is 341 Å². The predicted molar refractivity (Wildman–Crippen MR) is 233 cm³/mol. The van der Waals surface area contributed by atoms with Crippen molar-refractivity contribution in [2.24, 2.45) is 0 Å². The molecule has 0 radical (unpaired) electrons. The Hall–Kier alpha value is -1.02. The number of likely N-dealkylation sites (N-methyl/N-ethyl adjacent to an activating group) is 1. The van der Waals surface area contributed by atoms with Crippen LogP contribution in [0.2, 0.25) is 0 Å². The summed E-state index contributed by atoms with van der Waals surface area (Å²) in [7, 11) is 1.67. The fourth-order valence-corrected chi connectivity index (χ4v) is 7.15. The molecule has 55 heavy (non-hydrogen) atoms. The maximum Gasteiger partial charge on any atom is 0.472 e. The van der Waals surface area contributed by atoms with Crippen LogP contribution in [0.3, 0.4) is 0 Å². The molecule has 0 amide bonds. The summed E-state index contributed by atoms with van der Waals surface area (Å²) in [6, 6.07) is 0. The smallest absolute Gasteiger partial charge is 0.457 e. The lowest BCUT2D eigenvalue weighted by atomic mass is 10.0. The van der Waals surface area contributed by atoms with E-state index in [9.17, 15) is 14.3 Å². The predicted octanol–water partition coefficient (Wildman–Crippen LogP) is 13.6. The molecule has 1 N–H and O–H groups in total. The molecule has 0 aliphatic heterocycles. The van der Waals surface area contributed by atoms with Gasteiger partial charge in [-0.3, -0.25) is 13.8 Å². The van der Waals surface area contributed by atoms with Crippen molar-refractivity contribution in [2.75, 3.05) is 54.1 Å². The number of unbranched alkanes of at least 4 members (excludes halogenated alkanes) is 25. The summed E-state index contributed by atoms with van der Waals surface area (Å²) in [6.07, 6.45) is 44.9. The van der Waals surface area contributed by atoms with Crippen molar-refractivity contribution in [1.29, 1.82) is 0 Å². The highest BCUT2D eigenvalue weighted by Crippen LogP contribution is 2.43. The molecule has 0 rings (SSSR count). The lowest BCUT2D eigenvalue weighted by Crippen LogP contribution is -2.37. The Morgan fingerprint density at radius 2 is 1.00 bits per heavy atom. The number of quaternary nitrogens is 1. The highest BCUT2D eigenvalue weighted by Gasteiger charge is 2.26. The minimum Gasteiger partial charge on any atom is -0.457 e. The molecule has 0 aliphatic rings. The van der Waals surface area contributed by atoms with Gasteiger partial charge in [0.15, 0.2) is 0 Å². The second-order valence-electron chi connectivity index (χ2n) is 16.8. The number of carbonyl (C=O) groups is 1. The van der Waals surface area contributed by atoms with Crippen molar-refractivity contribution < 1.29 is 37.3 Å². The standard InChI is InChI=1S/C46H90NO7P/c1-6-8-10-12-14-16-18-20-22-24-26-28-30-32-34-36-38-41-51-43-45(44-53-55(49,50)52-42-40-47(3,4)5)54-46(48)39-37-35-33-31-29-27-25-23-21-19-17-15-13-11-9-7-2/h17,19,23,25,45H,6-16,18,20-22,24,26-44H2,1-5H3/p+1/b19-17-,25-23-. The van der Waals surface area contributed by atoms with Gasteiger partial charge in [0.25, 0.3) is 0 Å². The van der Waals surface area contributed by atoms with Gasteiger partial charge in [0, 0.05) is 13.0 Å². The van der Waals surface area contributed by atoms with Crippen molar-refractivity contribution in [1.82, 2.24) is 0 Å². The third-order valence-corrected chi connectivity index (χ3v) is 11.0. The summed E-state index contributed by atoms with van der Waals surface area (Å²) >= 11 is 0. The number of allylic oxidation sites excluding steroid dienone is 4. The van der Waals surface area contributed by atoms with Crippen LogP contribution in [0, 0.1) is 0 Å². The van der Waals surface area contributed by atoms with Gasteiger partial charge in [-0.1, -0.05) is 179 Å². The molecule has 8 nitrogen and oxygen atoms in total. The van der Waals surface area contributed by atoms with Crippen LogP contribution in [-0.2, 0) is 27.9 Å². The summed E-state index contributed by atoms with van der Waals surface area (Å²) in [5, 5.41) is 0. The van der Waals surface area contributed by atoms with Crippen LogP contribution in [0.4, 0.5) is 0 Å². The van der Waals surface area contributed by atoms with Crippen molar-refractivity contribution in [3.05, 3.63) is 24.3 Å². The largest absolute Gasteiger partial charge is 0.472 e. The number of rotatable bonds is 43. The van der Waals surface area contributed by atoms with Gasteiger partial charge in [-0.15, -0.1) is 0 Å². The Bertz CT molecular complexity index is 936. The maximum absolute atomic E-state index is 12.7. The molecule has 0 heterocycles. The summed E-state index contributed by atoms with van der Waals surface area (Å²) in [6.45, 7) is 5.62. The minimum absolute atomic E-state index is 0.0877. The summed E-state index contributed by atoms with van der Waals surface area (Å²) in [5.41, 5.74) is 0. The zero-order valence-corrected chi connectivity index (χ0v) is 37.8. The average molecular weight is 801 g/mol. The lowest BCUT2D eigenvalue weighted by molar-refractivity contribution is -0.870. The van der Waals surface area contributed by atoms with Gasteiger partial charge in [0.2, 0.25) is 0 Å². The fourth-order valence-electron chi connectivity index (χ4n) is 6.41. The molecule has 0 aliphatic carbocycles. The zero-order chi connectivity index (χ0) is 40.6. The van der Waals surface area contributed by atoms with Crippen LogP contribution in [0.25, 0.3) is 0 Å². The number of carbonyl (C=O) groups excluding carboxylic acids is 1. The molecule has 9 heteroatoms. The zero-order valence-electron chi connectivity index (χ0n) is 36.9. The number of esters is 1. The number of hydrogen-bond donors (Lipinski definition) is 1. The molecule has 0 aromatic heterocycles. The minimum atomic E-state index is -4.28. The van der Waals surface area contributed by atoms with E-state index in [1.165, 1.54) is 128 Å². The third-order valence-electron chi connectivity index (χ3n) is 10.0. The normalized spacial score (nSPS) is 13.9. The molecular formula is C46H91NO7P+. The Balaban J connectivity index is 4.21. The molecule has 0 bridgehead atoms. The van der Waals surface area contributed by atoms with E-state index in [2.05, 4.69) is 38.2 Å². The number of nitrogens with zero attached hydrogens (tertiary/aromatic N) is 1. The average Bonchev–Trinajstić information content (AvgIpc) is 3.13. The second-order valence-corrected chi connectivity index (χ2v) is 18.2. The van der Waals surface area contributed by atoms with E-state index in [1.54, 1.807) is 0 Å². The van der Waals surface area contributed by atoms with E-state index >= 15 is 0 Å². The van der Waals surface area contributed by atoms with E-state index < -0.39 is 13.9 Å². The van der Waals surface area contributed by atoms with Gasteiger partial charge >= 0.3 is 13.8 Å². The van der Waals surface area contributed by atoms with E-state index in [0.29, 0.717) is 24.1 Å². The maximum atomic E-state index is 12.7.